The largest absolute Gasteiger partial charge is 0.493 e. The fourth-order valence-corrected chi connectivity index (χ4v) is 2.33. The predicted molar refractivity (Wildman–Crippen MR) is 65.9 cm³/mol. The molecule has 1 aliphatic rings. The van der Waals surface area contributed by atoms with Crippen molar-refractivity contribution in [3.8, 4) is 11.5 Å². The van der Waals surface area contributed by atoms with Crippen molar-refractivity contribution in [2.24, 2.45) is 0 Å². The van der Waals surface area contributed by atoms with Crippen LogP contribution in [0.25, 0.3) is 0 Å². The molecule has 0 bridgehead atoms. The zero-order valence-corrected chi connectivity index (χ0v) is 10.4. The second kappa shape index (κ2) is 4.78. The molecule has 17 heavy (non-hydrogen) atoms. The molecule has 0 unspecified atom stereocenters. The summed E-state index contributed by atoms with van der Waals surface area (Å²) in [7, 11) is 1.59. The molecule has 1 saturated carbocycles. The Morgan fingerprint density at radius 2 is 1.94 bits per heavy atom. The van der Waals surface area contributed by atoms with E-state index in [1.807, 2.05) is 6.07 Å². The van der Waals surface area contributed by atoms with E-state index < -0.39 is 0 Å². The molecule has 0 spiro atoms. The van der Waals surface area contributed by atoms with Crippen LogP contribution in [-0.4, -0.2) is 19.0 Å². The summed E-state index contributed by atoms with van der Waals surface area (Å²) in [5.74, 6) is 1.35. The molecule has 3 nitrogen and oxygen atoms in total. The van der Waals surface area contributed by atoms with Gasteiger partial charge in [0.1, 0.15) is 11.9 Å². The van der Waals surface area contributed by atoms with Crippen molar-refractivity contribution < 1.29 is 14.3 Å². The molecule has 0 atom stereocenters. The van der Waals surface area contributed by atoms with Crippen molar-refractivity contribution >= 4 is 6.29 Å². The number of carbonyl (C=O) groups is 1. The number of hydrogen-bond donors (Lipinski definition) is 0. The maximum atomic E-state index is 10.7. The van der Waals surface area contributed by atoms with Gasteiger partial charge in [-0.15, -0.1) is 0 Å². The molecule has 92 valence electrons. The van der Waals surface area contributed by atoms with Crippen LogP contribution in [0.1, 0.15) is 43.0 Å². The molecule has 0 saturated heterocycles. The maximum Gasteiger partial charge on any atom is 0.162 e. The zero-order chi connectivity index (χ0) is 12.3. The highest BCUT2D eigenvalue weighted by Gasteiger charge is 2.31. The summed E-state index contributed by atoms with van der Waals surface area (Å²) in [5.41, 5.74) is 0.515. The molecule has 0 heterocycles. The van der Waals surface area contributed by atoms with Crippen LogP contribution >= 0.6 is 0 Å². The minimum atomic E-state index is -0.0873. The van der Waals surface area contributed by atoms with Gasteiger partial charge in [0.15, 0.2) is 11.5 Å². The van der Waals surface area contributed by atoms with E-state index >= 15 is 0 Å². The molecule has 0 aliphatic heterocycles. The summed E-state index contributed by atoms with van der Waals surface area (Å²) in [5, 5.41) is 0. The van der Waals surface area contributed by atoms with Crippen LogP contribution in [-0.2, 0) is 0 Å². The van der Waals surface area contributed by atoms with Crippen molar-refractivity contribution in [1.29, 1.82) is 0 Å². The Kier molecular flexibility index (Phi) is 3.36. The van der Waals surface area contributed by atoms with E-state index in [0.717, 1.165) is 24.9 Å². The standard InChI is InChI=1S/C14H18O3/c1-14(7-3-4-8-14)17-12-6-5-11(10-15)9-13(12)16-2/h5-6,9-10H,3-4,7-8H2,1-2H3. The lowest BCUT2D eigenvalue weighted by Crippen LogP contribution is -2.28. The quantitative estimate of drug-likeness (QED) is 0.750. The Bertz CT molecular complexity index is 406. The van der Waals surface area contributed by atoms with Crippen LogP contribution < -0.4 is 9.47 Å². The Balaban J connectivity index is 2.22. The molecule has 1 aromatic rings. The Morgan fingerprint density at radius 1 is 1.24 bits per heavy atom. The SMILES string of the molecule is COc1cc(C=O)ccc1OC1(C)CCCC1. The first-order valence-electron chi connectivity index (χ1n) is 5.99. The molecule has 2 rings (SSSR count). The number of hydrogen-bond acceptors (Lipinski definition) is 3. The molecule has 3 heteroatoms. The number of carbonyl (C=O) groups excluding carboxylic acids is 1. The molecule has 1 fully saturated rings. The van der Waals surface area contributed by atoms with Gasteiger partial charge < -0.3 is 9.47 Å². The van der Waals surface area contributed by atoms with E-state index in [1.54, 1.807) is 19.2 Å². The van der Waals surface area contributed by atoms with E-state index in [-0.39, 0.29) is 5.60 Å². The Hall–Kier alpha value is -1.51. The van der Waals surface area contributed by atoms with Crippen LogP contribution in [0.4, 0.5) is 0 Å². The average Bonchev–Trinajstić information content (AvgIpc) is 2.76. The number of rotatable bonds is 4. The summed E-state index contributed by atoms with van der Waals surface area (Å²) < 4.78 is 11.3. The van der Waals surface area contributed by atoms with Crippen molar-refractivity contribution in [1.82, 2.24) is 0 Å². The first-order valence-corrected chi connectivity index (χ1v) is 5.99. The third-order valence-electron chi connectivity index (χ3n) is 3.34. The van der Waals surface area contributed by atoms with E-state index in [0.29, 0.717) is 11.3 Å². The minimum absolute atomic E-state index is 0.0873. The predicted octanol–water partition coefficient (Wildman–Crippen LogP) is 3.22. The monoisotopic (exact) mass is 234 g/mol. The summed E-state index contributed by atoms with van der Waals surface area (Å²) in [4.78, 5) is 10.7. The number of methoxy groups -OCH3 is 1. The highest BCUT2D eigenvalue weighted by Crippen LogP contribution is 2.37. The summed E-state index contributed by atoms with van der Waals surface area (Å²) in [6.45, 7) is 2.13. The van der Waals surface area contributed by atoms with Crippen LogP contribution in [0.5, 0.6) is 11.5 Å². The van der Waals surface area contributed by atoms with Gasteiger partial charge in [-0.25, -0.2) is 0 Å². The molecule has 0 amide bonds. The molecule has 0 aromatic heterocycles. The summed E-state index contributed by atoms with van der Waals surface area (Å²) in [6.07, 6.45) is 5.39. The van der Waals surface area contributed by atoms with E-state index in [9.17, 15) is 4.79 Å². The average molecular weight is 234 g/mol. The normalized spacial score (nSPS) is 17.8. The third kappa shape index (κ3) is 2.60. The fraction of sp³-hybridized carbons (Fsp3) is 0.500. The van der Waals surface area contributed by atoms with Crippen molar-refractivity contribution in [3.05, 3.63) is 23.8 Å². The Labute approximate surface area is 102 Å². The van der Waals surface area contributed by atoms with E-state index in [2.05, 4.69) is 6.92 Å². The second-order valence-corrected chi connectivity index (χ2v) is 4.79. The van der Waals surface area contributed by atoms with Gasteiger partial charge >= 0.3 is 0 Å². The summed E-state index contributed by atoms with van der Waals surface area (Å²) in [6, 6.07) is 5.27. The Morgan fingerprint density at radius 3 is 2.53 bits per heavy atom. The van der Waals surface area contributed by atoms with Crippen LogP contribution in [0, 0.1) is 0 Å². The third-order valence-corrected chi connectivity index (χ3v) is 3.34. The second-order valence-electron chi connectivity index (χ2n) is 4.79. The van der Waals surface area contributed by atoms with Gasteiger partial charge in [0.25, 0.3) is 0 Å². The smallest absolute Gasteiger partial charge is 0.162 e. The van der Waals surface area contributed by atoms with Gasteiger partial charge in [-0.3, -0.25) is 4.79 Å². The fourth-order valence-electron chi connectivity index (χ4n) is 2.33. The maximum absolute atomic E-state index is 10.7. The van der Waals surface area contributed by atoms with Gasteiger partial charge in [-0.2, -0.15) is 0 Å². The molecule has 0 radical (unpaired) electrons. The minimum Gasteiger partial charge on any atom is -0.493 e. The molecular weight excluding hydrogens is 216 g/mol. The number of ether oxygens (including phenoxy) is 2. The lowest BCUT2D eigenvalue weighted by Gasteiger charge is -2.26. The zero-order valence-electron chi connectivity index (χ0n) is 10.4. The van der Waals surface area contributed by atoms with Crippen LogP contribution in [0.2, 0.25) is 0 Å². The number of aldehydes is 1. The lowest BCUT2D eigenvalue weighted by atomic mass is 10.1. The first kappa shape index (κ1) is 12.0. The van der Waals surface area contributed by atoms with Crippen LogP contribution in [0.15, 0.2) is 18.2 Å². The molecular formula is C14H18O3. The van der Waals surface area contributed by atoms with E-state index in [4.69, 9.17) is 9.47 Å². The van der Waals surface area contributed by atoms with Crippen LogP contribution in [0.3, 0.4) is 0 Å². The highest BCUT2D eigenvalue weighted by molar-refractivity contribution is 5.76. The highest BCUT2D eigenvalue weighted by atomic mass is 16.5. The molecule has 1 aromatic carbocycles. The summed E-state index contributed by atoms with van der Waals surface area (Å²) >= 11 is 0. The van der Waals surface area contributed by atoms with Gasteiger partial charge in [0, 0.05) is 5.56 Å². The van der Waals surface area contributed by atoms with Crippen molar-refractivity contribution in [2.45, 2.75) is 38.2 Å². The first-order chi connectivity index (χ1) is 8.17. The van der Waals surface area contributed by atoms with E-state index in [1.165, 1.54) is 12.8 Å². The van der Waals surface area contributed by atoms with Gasteiger partial charge in [-0.05, 0) is 50.8 Å². The number of benzene rings is 1. The van der Waals surface area contributed by atoms with Gasteiger partial charge in [0.05, 0.1) is 7.11 Å². The van der Waals surface area contributed by atoms with Gasteiger partial charge in [-0.1, -0.05) is 0 Å². The molecule has 0 N–H and O–H groups in total. The van der Waals surface area contributed by atoms with Crippen molar-refractivity contribution in [2.75, 3.05) is 7.11 Å². The molecule has 1 aliphatic carbocycles. The van der Waals surface area contributed by atoms with Gasteiger partial charge in [0.2, 0.25) is 0 Å². The van der Waals surface area contributed by atoms with Crippen molar-refractivity contribution in [3.63, 3.8) is 0 Å². The topological polar surface area (TPSA) is 35.5 Å². The lowest BCUT2D eigenvalue weighted by molar-refractivity contribution is 0.0926.